The number of allylic oxidation sites excluding steroid dienone is 12. The number of esters is 3. The molecule has 1 unspecified atom stereocenters. The van der Waals surface area contributed by atoms with Crippen LogP contribution in [0.1, 0.15) is 329 Å². The second kappa shape index (κ2) is 63.4. The molecule has 0 aliphatic heterocycles. The van der Waals surface area contributed by atoms with Crippen molar-refractivity contribution in [2.45, 2.75) is 335 Å². The largest absolute Gasteiger partial charge is 0.462 e. The van der Waals surface area contributed by atoms with Crippen LogP contribution in [0.25, 0.3) is 0 Å². The minimum atomic E-state index is -0.775. The summed E-state index contributed by atoms with van der Waals surface area (Å²) in [5, 5.41) is 0. The zero-order valence-corrected chi connectivity index (χ0v) is 49.8. The molecule has 0 aromatic rings. The van der Waals surface area contributed by atoms with Gasteiger partial charge in [0.25, 0.3) is 0 Å². The Hall–Kier alpha value is -3.15. The SMILES string of the molecule is CC/C=C\C/C=C\C/C=C\C/C=C\C/C=C\CCCCCCCCCCCC(=O)OCC(COC(=O)CCCCCCCCC)OC(=O)CCCCCCCCCCCCCCC/C=C\CCCCCCCCCC. The van der Waals surface area contributed by atoms with Crippen LogP contribution in [0, 0.1) is 0 Å². The third-order valence-corrected chi connectivity index (χ3v) is 14.2. The van der Waals surface area contributed by atoms with Crippen molar-refractivity contribution in [3.8, 4) is 0 Å². The second-order valence-electron chi connectivity index (χ2n) is 21.6. The van der Waals surface area contributed by atoms with Crippen LogP contribution in [-0.4, -0.2) is 37.2 Å². The minimum Gasteiger partial charge on any atom is -0.462 e. The lowest BCUT2D eigenvalue weighted by molar-refractivity contribution is -0.167. The first-order valence-corrected chi connectivity index (χ1v) is 32.4. The summed E-state index contributed by atoms with van der Waals surface area (Å²) in [6.07, 6.45) is 82.2. The third-order valence-electron chi connectivity index (χ3n) is 14.2. The van der Waals surface area contributed by atoms with E-state index in [1.54, 1.807) is 0 Å². The first-order chi connectivity index (χ1) is 37.0. The summed E-state index contributed by atoms with van der Waals surface area (Å²) in [6.45, 7) is 6.52. The highest BCUT2D eigenvalue weighted by Crippen LogP contribution is 2.17. The maximum Gasteiger partial charge on any atom is 0.306 e. The van der Waals surface area contributed by atoms with Gasteiger partial charge in [-0.15, -0.1) is 0 Å². The molecule has 6 nitrogen and oxygen atoms in total. The van der Waals surface area contributed by atoms with Gasteiger partial charge < -0.3 is 14.2 Å². The first-order valence-electron chi connectivity index (χ1n) is 32.4. The van der Waals surface area contributed by atoms with Crippen molar-refractivity contribution >= 4 is 17.9 Å². The fourth-order valence-corrected chi connectivity index (χ4v) is 9.35. The molecule has 434 valence electrons. The van der Waals surface area contributed by atoms with Crippen molar-refractivity contribution < 1.29 is 28.6 Å². The van der Waals surface area contributed by atoms with Crippen molar-refractivity contribution in [1.29, 1.82) is 0 Å². The molecule has 6 heteroatoms. The van der Waals surface area contributed by atoms with Gasteiger partial charge >= 0.3 is 17.9 Å². The topological polar surface area (TPSA) is 78.9 Å². The van der Waals surface area contributed by atoms with E-state index >= 15 is 0 Å². The van der Waals surface area contributed by atoms with Crippen LogP contribution in [-0.2, 0) is 28.6 Å². The van der Waals surface area contributed by atoms with Gasteiger partial charge in [-0.25, -0.2) is 0 Å². The molecule has 0 amide bonds. The van der Waals surface area contributed by atoms with Gasteiger partial charge in [-0.2, -0.15) is 0 Å². The molecule has 0 bridgehead atoms. The summed E-state index contributed by atoms with van der Waals surface area (Å²) in [5.74, 6) is -0.874. The summed E-state index contributed by atoms with van der Waals surface area (Å²) >= 11 is 0. The van der Waals surface area contributed by atoms with Crippen LogP contribution in [0.15, 0.2) is 72.9 Å². The minimum absolute atomic E-state index is 0.0746. The monoisotopic (exact) mass is 1050 g/mol. The number of carbonyl (C=O) groups is 3. The van der Waals surface area contributed by atoms with Crippen molar-refractivity contribution in [3.63, 3.8) is 0 Å². The van der Waals surface area contributed by atoms with Crippen molar-refractivity contribution in [2.75, 3.05) is 13.2 Å². The van der Waals surface area contributed by atoms with E-state index in [0.29, 0.717) is 19.3 Å². The molecule has 0 rings (SSSR count). The van der Waals surface area contributed by atoms with Gasteiger partial charge in [0.05, 0.1) is 0 Å². The summed E-state index contributed by atoms with van der Waals surface area (Å²) < 4.78 is 16.9. The van der Waals surface area contributed by atoms with Gasteiger partial charge in [0.2, 0.25) is 0 Å². The average molecular weight is 1050 g/mol. The predicted molar refractivity (Wildman–Crippen MR) is 325 cm³/mol. The standard InChI is InChI=1S/C69H122O6/c1-4-7-10-13-16-18-20-22-24-26-28-30-32-34-36-38-40-42-44-46-48-50-53-56-59-62-68(71)74-65-66(64-73-67(70)61-58-55-52-15-12-9-6-3)75-69(72)63-60-57-54-51-49-47-45-43-41-39-37-35-33-31-29-27-25-23-21-19-17-14-11-8-5-2/h7,10,16,18,22,24,27-30,34,36,66H,4-6,8-9,11-15,17,19-21,23,25-26,31-33,35,37-65H2,1-3H3/b10-7-,18-16-,24-22-,29-27-,30-28-,36-34-. The Labute approximate surface area is 465 Å². The third kappa shape index (κ3) is 61.6. The van der Waals surface area contributed by atoms with E-state index < -0.39 is 6.10 Å². The molecule has 0 saturated heterocycles. The molecule has 1 atom stereocenters. The highest BCUT2D eigenvalue weighted by atomic mass is 16.6. The molecule has 0 spiro atoms. The Morgan fingerprint density at radius 2 is 0.520 bits per heavy atom. The van der Waals surface area contributed by atoms with Gasteiger partial charge in [0, 0.05) is 19.3 Å². The number of carbonyl (C=O) groups excluding carboxylic acids is 3. The number of hydrogen-bond acceptors (Lipinski definition) is 6. The summed E-state index contributed by atoms with van der Waals surface area (Å²) in [7, 11) is 0. The lowest BCUT2D eigenvalue weighted by Crippen LogP contribution is -2.30. The van der Waals surface area contributed by atoms with Crippen molar-refractivity contribution in [1.82, 2.24) is 0 Å². The van der Waals surface area contributed by atoms with Gasteiger partial charge in [-0.3, -0.25) is 14.4 Å². The predicted octanol–water partition coefficient (Wildman–Crippen LogP) is 22.1. The molecular weight excluding hydrogens is 925 g/mol. The quantitative estimate of drug-likeness (QED) is 0.0261. The van der Waals surface area contributed by atoms with E-state index in [1.807, 2.05) is 0 Å². The highest BCUT2D eigenvalue weighted by Gasteiger charge is 2.19. The van der Waals surface area contributed by atoms with Crippen LogP contribution in [0.3, 0.4) is 0 Å². The number of ether oxygens (including phenoxy) is 3. The Morgan fingerprint density at radius 3 is 0.827 bits per heavy atom. The Kier molecular flexibility index (Phi) is 60.7. The van der Waals surface area contributed by atoms with E-state index in [-0.39, 0.29) is 31.1 Å². The molecule has 0 aliphatic carbocycles. The highest BCUT2D eigenvalue weighted by molar-refractivity contribution is 5.71. The molecule has 75 heavy (non-hydrogen) atoms. The molecule has 0 heterocycles. The van der Waals surface area contributed by atoms with Gasteiger partial charge in [0.1, 0.15) is 13.2 Å². The molecule has 0 saturated carbocycles. The lowest BCUT2D eigenvalue weighted by Gasteiger charge is -2.18. The maximum atomic E-state index is 12.9. The van der Waals surface area contributed by atoms with E-state index in [1.165, 1.54) is 193 Å². The molecule has 0 aromatic heterocycles. The Balaban J connectivity index is 4.13. The van der Waals surface area contributed by atoms with Gasteiger partial charge in [-0.1, -0.05) is 293 Å². The molecule has 0 aliphatic rings. The first kappa shape index (κ1) is 71.8. The molecule has 0 radical (unpaired) electrons. The fraction of sp³-hybridized carbons (Fsp3) is 0.783. The molecule has 0 aromatic carbocycles. The fourth-order valence-electron chi connectivity index (χ4n) is 9.35. The van der Waals surface area contributed by atoms with Crippen molar-refractivity contribution in [2.24, 2.45) is 0 Å². The van der Waals surface area contributed by atoms with Crippen LogP contribution in [0.4, 0.5) is 0 Å². The van der Waals surface area contributed by atoms with Gasteiger partial charge in [-0.05, 0) is 89.9 Å². The number of unbranched alkanes of at least 4 members (excludes halogenated alkanes) is 36. The van der Waals surface area contributed by atoms with Crippen LogP contribution < -0.4 is 0 Å². The second-order valence-corrected chi connectivity index (χ2v) is 21.6. The van der Waals surface area contributed by atoms with Crippen LogP contribution >= 0.6 is 0 Å². The number of hydrogen-bond donors (Lipinski definition) is 0. The lowest BCUT2D eigenvalue weighted by atomic mass is 10.0. The van der Waals surface area contributed by atoms with Gasteiger partial charge in [0.15, 0.2) is 6.10 Å². The number of rotatable bonds is 59. The van der Waals surface area contributed by atoms with Crippen molar-refractivity contribution in [3.05, 3.63) is 72.9 Å². The van der Waals surface area contributed by atoms with Crippen LogP contribution in [0.5, 0.6) is 0 Å². The zero-order chi connectivity index (χ0) is 54.3. The molecule has 0 N–H and O–H groups in total. The smallest absolute Gasteiger partial charge is 0.306 e. The van der Waals surface area contributed by atoms with E-state index in [9.17, 15) is 14.4 Å². The molecular formula is C69H122O6. The van der Waals surface area contributed by atoms with E-state index in [0.717, 1.165) is 96.3 Å². The average Bonchev–Trinajstić information content (AvgIpc) is 3.41. The van der Waals surface area contributed by atoms with Crippen LogP contribution in [0.2, 0.25) is 0 Å². The summed E-state index contributed by atoms with van der Waals surface area (Å²) in [4.78, 5) is 38.1. The van der Waals surface area contributed by atoms with E-state index in [4.69, 9.17) is 14.2 Å². The molecule has 0 fully saturated rings. The summed E-state index contributed by atoms with van der Waals surface area (Å²) in [5.41, 5.74) is 0. The maximum absolute atomic E-state index is 12.9. The Bertz CT molecular complexity index is 1390. The zero-order valence-electron chi connectivity index (χ0n) is 49.8. The van der Waals surface area contributed by atoms with E-state index in [2.05, 4.69) is 93.7 Å². The summed E-state index contributed by atoms with van der Waals surface area (Å²) in [6, 6.07) is 0. The Morgan fingerprint density at radius 1 is 0.280 bits per heavy atom. The normalized spacial score (nSPS) is 12.5.